The van der Waals surface area contributed by atoms with E-state index >= 15 is 0 Å². The summed E-state index contributed by atoms with van der Waals surface area (Å²) in [4.78, 5) is 32.8. The Bertz CT molecular complexity index is 810. The maximum atomic E-state index is 11.9. The van der Waals surface area contributed by atoms with Gasteiger partial charge in [0.1, 0.15) is 0 Å². The van der Waals surface area contributed by atoms with Crippen LogP contribution in [0.4, 0.5) is 0 Å². The van der Waals surface area contributed by atoms with Gasteiger partial charge in [0.2, 0.25) is 0 Å². The van der Waals surface area contributed by atoms with Crippen LogP contribution in [0, 0.1) is 0 Å². The molecule has 0 fully saturated rings. The zero-order valence-electron chi connectivity index (χ0n) is 34.5. The van der Waals surface area contributed by atoms with E-state index in [1.54, 1.807) is 23.5 Å². The summed E-state index contributed by atoms with van der Waals surface area (Å²) in [5.74, 6) is 4.73. The Balaban J connectivity index is 3.49. The Morgan fingerprint density at radius 2 is 0.811 bits per heavy atom. The normalized spacial score (nSPS) is 12.0. The molecule has 0 aromatic rings. The van der Waals surface area contributed by atoms with E-state index in [9.17, 15) is 9.59 Å². The van der Waals surface area contributed by atoms with E-state index in [0.29, 0.717) is 50.8 Å². The molecule has 0 saturated carbocycles. The van der Waals surface area contributed by atoms with E-state index in [1.807, 2.05) is 0 Å². The number of amidine groups is 2. The molecule has 0 rings (SSSR count). The average Bonchev–Trinajstić information content (AvgIpc) is 3.15. The molecule has 0 saturated heterocycles. The van der Waals surface area contributed by atoms with Gasteiger partial charge in [-0.05, 0) is 37.2 Å². The first kappa shape index (κ1) is 51.5. The van der Waals surface area contributed by atoms with Crippen LogP contribution >= 0.6 is 23.5 Å². The van der Waals surface area contributed by atoms with Crippen molar-refractivity contribution in [2.45, 2.75) is 181 Å². The molecule has 0 amide bonds. The molecule has 0 radical (unpaired) electrons. The lowest BCUT2D eigenvalue weighted by Crippen LogP contribution is -2.23. The molecular formula is C42H83N5O4S2. The SMILES string of the molecule is CCCCCCCCCCCCOC(=O)CCSCCCC(N)=NCCNCCN=C(N)CCCSCCC(=O)OCCCCCCCCCCCC. The van der Waals surface area contributed by atoms with E-state index in [0.717, 1.165) is 87.5 Å². The summed E-state index contributed by atoms with van der Waals surface area (Å²) in [6.07, 6.45) is 30.1. The second-order valence-corrected chi connectivity index (χ2v) is 16.7. The second kappa shape index (κ2) is 43.3. The maximum absolute atomic E-state index is 11.9. The van der Waals surface area contributed by atoms with Crippen molar-refractivity contribution < 1.29 is 19.1 Å². The fourth-order valence-corrected chi connectivity index (χ4v) is 7.49. The van der Waals surface area contributed by atoms with Crippen molar-refractivity contribution in [2.75, 3.05) is 62.4 Å². The van der Waals surface area contributed by atoms with Crippen molar-refractivity contribution in [2.24, 2.45) is 21.5 Å². The number of carbonyl (C=O) groups excluding carboxylic acids is 2. The van der Waals surface area contributed by atoms with Gasteiger partial charge >= 0.3 is 11.9 Å². The number of nitrogens with two attached hydrogens (primary N) is 2. The smallest absolute Gasteiger partial charge is 0.306 e. The van der Waals surface area contributed by atoms with Gasteiger partial charge in [0.15, 0.2) is 0 Å². The Morgan fingerprint density at radius 1 is 0.472 bits per heavy atom. The zero-order chi connectivity index (χ0) is 38.7. The number of nitrogens with zero attached hydrogens (tertiary/aromatic N) is 2. The van der Waals surface area contributed by atoms with Crippen LogP contribution in [-0.4, -0.2) is 86.0 Å². The van der Waals surface area contributed by atoms with Crippen LogP contribution in [0.5, 0.6) is 0 Å². The first-order valence-electron chi connectivity index (χ1n) is 21.7. The van der Waals surface area contributed by atoms with E-state index < -0.39 is 0 Å². The van der Waals surface area contributed by atoms with Gasteiger partial charge in [-0.3, -0.25) is 19.6 Å². The Morgan fingerprint density at radius 3 is 1.17 bits per heavy atom. The van der Waals surface area contributed by atoms with Crippen LogP contribution in [0.1, 0.15) is 181 Å². The van der Waals surface area contributed by atoms with Crippen molar-refractivity contribution in [1.82, 2.24) is 5.32 Å². The van der Waals surface area contributed by atoms with Crippen LogP contribution in [0.3, 0.4) is 0 Å². The monoisotopic (exact) mass is 786 g/mol. The lowest BCUT2D eigenvalue weighted by atomic mass is 10.1. The van der Waals surface area contributed by atoms with Gasteiger partial charge in [-0.2, -0.15) is 23.5 Å². The van der Waals surface area contributed by atoms with Crippen LogP contribution in [0.15, 0.2) is 9.98 Å². The quantitative estimate of drug-likeness (QED) is 0.0239. The molecule has 0 bridgehead atoms. The van der Waals surface area contributed by atoms with Crippen LogP contribution in [0.2, 0.25) is 0 Å². The molecule has 0 atom stereocenters. The summed E-state index contributed by atoms with van der Waals surface area (Å²) in [6, 6.07) is 0. The minimum atomic E-state index is -0.0777. The third-order valence-corrected chi connectivity index (χ3v) is 11.2. The molecular weight excluding hydrogens is 703 g/mol. The molecule has 0 aromatic heterocycles. The highest BCUT2D eigenvalue weighted by Gasteiger charge is 2.05. The van der Waals surface area contributed by atoms with E-state index in [4.69, 9.17) is 20.9 Å². The summed E-state index contributed by atoms with van der Waals surface area (Å²) in [5.41, 5.74) is 12.1. The van der Waals surface area contributed by atoms with Gasteiger partial charge in [-0.25, -0.2) is 0 Å². The third-order valence-electron chi connectivity index (χ3n) is 9.07. The summed E-state index contributed by atoms with van der Waals surface area (Å²) >= 11 is 3.55. The van der Waals surface area contributed by atoms with Gasteiger partial charge in [-0.1, -0.05) is 129 Å². The first-order chi connectivity index (χ1) is 26.0. The predicted octanol–water partition coefficient (Wildman–Crippen LogP) is 10.0. The third kappa shape index (κ3) is 43.1. The number of aliphatic imine (C=N–C) groups is 2. The van der Waals surface area contributed by atoms with Crippen LogP contribution < -0.4 is 16.8 Å². The summed E-state index contributed by atoms with van der Waals surface area (Å²) in [7, 11) is 0. The molecule has 0 spiro atoms. The first-order valence-corrected chi connectivity index (χ1v) is 24.1. The summed E-state index contributed by atoms with van der Waals surface area (Å²) < 4.78 is 10.8. The lowest BCUT2D eigenvalue weighted by molar-refractivity contribution is -0.144. The molecule has 0 aromatic carbocycles. The molecule has 0 heterocycles. The van der Waals surface area contributed by atoms with Crippen molar-refractivity contribution in [3.05, 3.63) is 0 Å². The van der Waals surface area contributed by atoms with Crippen molar-refractivity contribution in [3.63, 3.8) is 0 Å². The molecule has 0 aliphatic heterocycles. The Labute approximate surface area is 335 Å². The van der Waals surface area contributed by atoms with Crippen LogP contribution in [-0.2, 0) is 19.1 Å². The highest BCUT2D eigenvalue weighted by Crippen LogP contribution is 2.13. The molecule has 11 heteroatoms. The number of thioether (sulfide) groups is 2. The molecule has 53 heavy (non-hydrogen) atoms. The molecule has 5 N–H and O–H groups in total. The largest absolute Gasteiger partial charge is 0.466 e. The number of ether oxygens (including phenoxy) is 2. The van der Waals surface area contributed by atoms with Gasteiger partial charge in [0, 0.05) is 37.4 Å². The topological polar surface area (TPSA) is 141 Å². The fourth-order valence-electron chi connectivity index (χ4n) is 5.76. The standard InChI is InChI=1S/C42H83N5O4S2/c1-3-5-7-9-11-13-15-17-19-21-33-50-41(48)27-37-52-35-23-25-39(43)46-31-29-45-30-32-47-40(44)26-24-36-53-38-28-42(49)51-34-22-20-18-16-14-12-10-8-6-4-2/h45H,3-38H2,1-2H3,(H2,43,46)(H2,44,47). The number of esters is 2. The van der Waals surface area contributed by atoms with E-state index in [2.05, 4.69) is 29.1 Å². The minimum absolute atomic E-state index is 0.0777. The van der Waals surface area contributed by atoms with Crippen molar-refractivity contribution >= 4 is 47.1 Å². The van der Waals surface area contributed by atoms with Gasteiger partial charge in [-0.15, -0.1) is 0 Å². The number of nitrogens with one attached hydrogen (secondary N) is 1. The highest BCUT2D eigenvalue weighted by atomic mass is 32.2. The predicted molar refractivity (Wildman–Crippen MR) is 234 cm³/mol. The molecule has 9 nitrogen and oxygen atoms in total. The number of unbranched alkanes of at least 4 members (excludes halogenated alkanes) is 18. The zero-order valence-corrected chi connectivity index (χ0v) is 36.1. The van der Waals surface area contributed by atoms with Gasteiger partial charge in [0.05, 0.1) is 50.8 Å². The molecule has 0 aliphatic rings. The van der Waals surface area contributed by atoms with Crippen molar-refractivity contribution in [3.8, 4) is 0 Å². The Kier molecular flexibility index (Phi) is 42.1. The molecule has 0 aliphatic carbocycles. The fraction of sp³-hybridized carbons (Fsp3) is 0.905. The highest BCUT2D eigenvalue weighted by molar-refractivity contribution is 7.99. The van der Waals surface area contributed by atoms with Gasteiger partial charge in [0.25, 0.3) is 0 Å². The lowest BCUT2D eigenvalue weighted by Gasteiger charge is -2.06. The second-order valence-electron chi connectivity index (χ2n) is 14.2. The number of carbonyl (C=O) groups is 2. The number of rotatable bonds is 42. The van der Waals surface area contributed by atoms with E-state index in [1.165, 1.54) is 103 Å². The summed E-state index contributed by atoms with van der Waals surface area (Å²) in [5, 5.41) is 3.34. The van der Waals surface area contributed by atoms with Crippen LogP contribution in [0.25, 0.3) is 0 Å². The van der Waals surface area contributed by atoms with Gasteiger partial charge < -0.3 is 26.3 Å². The number of hydrogen-bond donors (Lipinski definition) is 3. The van der Waals surface area contributed by atoms with Crippen molar-refractivity contribution in [1.29, 1.82) is 0 Å². The molecule has 0 unspecified atom stereocenters. The Hall–Kier alpha value is -1.46. The average molecular weight is 786 g/mol. The summed E-state index contributed by atoms with van der Waals surface area (Å²) in [6.45, 7) is 8.44. The number of hydrogen-bond acceptors (Lipinski definition) is 9. The molecule has 312 valence electrons. The minimum Gasteiger partial charge on any atom is -0.466 e. The maximum Gasteiger partial charge on any atom is 0.306 e. The van der Waals surface area contributed by atoms with E-state index in [-0.39, 0.29) is 11.9 Å².